The second-order valence-electron chi connectivity index (χ2n) is 3.27. The lowest BCUT2D eigenvalue weighted by Gasteiger charge is -2.08. The molecule has 15 heavy (non-hydrogen) atoms. The molecular weight excluding hydrogens is 188 g/mol. The van der Waals surface area contributed by atoms with Crippen LogP contribution in [0, 0.1) is 0 Å². The van der Waals surface area contributed by atoms with E-state index in [-0.39, 0.29) is 0 Å². The van der Waals surface area contributed by atoms with Crippen molar-refractivity contribution in [3.63, 3.8) is 0 Å². The van der Waals surface area contributed by atoms with E-state index < -0.39 is 0 Å². The van der Waals surface area contributed by atoms with Gasteiger partial charge in [-0.15, -0.1) is 0 Å². The number of nitrogens with zero attached hydrogens (tertiary/aromatic N) is 2. The van der Waals surface area contributed by atoms with Gasteiger partial charge in [0.2, 0.25) is 5.88 Å². The molecule has 1 aromatic rings. The first-order valence-corrected chi connectivity index (χ1v) is 5.58. The Balaban J connectivity index is 0.000000921. The van der Waals surface area contributed by atoms with Crippen molar-refractivity contribution < 1.29 is 4.74 Å². The third-order valence-electron chi connectivity index (χ3n) is 1.93. The molecule has 0 atom stereocenters. The Bertz CT molecular complexity index is 285. The fourth-order valence-electron chi connectivity index (χ4n) is 1.10. The Labute approximate surface area is 92.9 Å². The number of aryl methyl sites for hydroxylation is 1. The lowest BCUT2D eigenvalue weighted by atomic mass is 10.2. The van der Waals surface area contributed by atoms with Gasteiger partial charge >= 0.3 is 0 Å². The molecule has 0 aliphatic carbocycles. The van der Waals surface area contributed by atoms with Crippen LogP contribution in [-0.2, 0) is 6.42 Å². The minimum absolute atomic E-state index is 0.347. The lowest BCUT2D eigenvalue weighted by Crippen LogP contribution is -2.02. The van der Waals surface area contributed by atoms with E-state index in [9.17, 15) is 0 Å². The summed E-state index contributed by atoms with van der Waals surface area (Å²) < 4.78 is 5.18. The van der Waals surface area contributed by atoms with Crippen LogP contribution < -0.4 is 4.74 Å². The number of rotatable bonds is 3. The second kappa shape index (κ2) is 7.21. The van der Waals surface area contributed by atoms with Gasteiger partial charge in [-0.3, -0.25) is 0 Å². The Morgan fingerprint density at radius 3 is 2.33 bits per heavy atom. The summed E-state index contributed by atoms with van der Waals surface area (Å²) in [4.78, 5) is 8.59. The first-order chi connectivity index (χ1) is 7.19. The molecule has 1 heterocycles. The van der Waals surface area contributed by atoms with Crippen LogP contribution in [0.15, 0.2) is 6.20 Å². The van der Waals surface area contributed by atoms with Crippen LogP contribution in [-0.4, -0.2) is 17.1 Å². The van der Waals surface area contributed by atoms with E-state index in [1.165, 1.54) is 0 Å². The van der Waals surface area contributed by atoms with Crippen molar-refractivity contribution in [2.24, 2.45) is 0 Å². The summed E-state index contributed by atoms with van der Waals surface area (Å²) in [6.07, 6.45) is 2.75. The van der Waals surface area contributed by atoms with Gasteiger partial charge in [-0.2, -0.15) is 4.98 Å². The van der Waals surface area contributed by atoms with Gasteiger partial charge in [0, 0.05) is 17.7 Å². The highest BCUT2D eigenvalue weighted by atomic mass is 16.5. The minimum Gasteiger partial charge on any atom is -0.481 e. The van der Waals surface area contributed by atoms with Crippen molar-refractivity contribution in [1.82, 2.24) is 9.97 Å². The summed E-state index contributed by atoms with van der Waals surface area (Å²) in [5.41, 5.74) is 1.06. The molecule has 0 saturated carbocycles. The van der Waals surface area contributed by atoms with Gasteiger partial charge in [0.1, 0.15) is 5.82 Å². The van der Waals surface area contributed by atoms with E-state index >= 15 is 0 Å². The maximum absolute atomic E-state index is 5.18. The first kappa shape index (κ1) is 13.9. The van der Waals surface area contributed by atoms with E-state index in [1.807, 2.05) is 20.0 Å². The molecule has 0 unspecified atom stereocenters. The topological polar surface area (TPSA) is 35.0 Å². The van der Waals surface area contributed by atoms with Crippen LogP contribution in [0.3, 0.4) is 0 Å². The van der Waals surface area contributed by atoms with E-state index in [0.29, 0.717) is 11.8 Å². The fourth-order valence-corrected chi connectivity index (χ4v) is 1.10. The Hall–Kier alpha value is -1.12. The minimum atomic E-state index is 0.347. The van der Waals surface area contributed by atoms with Crippen LogP contribution in [0.4, 0.5) is 0 Å². The molecule has 0 radical (unpaired) electrons. The van der Waals surface area contributed by atoms with Crippen LogP contribution in [0.2, 0.25) is 0 Å². The van der Waals surface area contributed by atoms with Crippen molar-refractivity contribution >= 4 is 0 Å². The molecule has 0 aliphatic heterocycles. The fraction of sp³-hybridized carbons (Fsp3) is 0.667. The van der Waals surface area contributed by atoms with Gasteiger partial charge in [0.15, 0.2) is 0 Å². The van der Waals surface area contributed by atoms with Crippen molar-refractivity contribution in [3.05, 3.63) is 17.6 Å². The van der Waals surface area contributed by atoms with Crippen molar-refractivity contribution in [2.45, 2.75) is 47.0 Å². The largest absolute Gasteiger partial charge is 0.481 e. The number of hydrogen-bond donors (Lipinski definition) is 0. The molecule has 86 valence electrons. The van der Waals surface area contributed by atoms with Gasteiger partial charge in [-0.05, 0) is 6.42 Å². The van der Waals surface area contributed by atoms with Crippen LogP contribution in [0.25, 0.3) is 0 Å². The van der Waals surface area contributed by atoms with Crippen molar-refractivity contribution in [3.8, 4) is 5.88 Å². The van der Waals surface area contributed by atoms with Gasteiger partial charge < -0.3 is 4.74 Å². The molecule has 0 aliphatic rings. The molecule has 3 nitrogen and oxygen atoms in total. The molecule has 0 fully saturated rings. The van der Waals surface area contributed by atoms with Gasteiger partial charge in [-0.1, -0.05) is 34.6 Å². The van der Waals surface area contributed by atoms with Crippen LogP contribution in [0.1, 0.15) is 51.9 Å². The smallest absolute Gasteiger partial charge is 0.219 e. The molecule has 1 aromatic heterocycles. The van der Waals surface area contributed by atoms with E-state index in [1.54, 1.807) is 7.11 Å². The van der Waals surface area contributed by atoms with Gasteiger partial charge in [0.05, 0.1) is 7.11 Å². The third kappa shape index (κ3) is 3.86. The lowest BCUT2D eigenvalue weighted by molar-refractivity contribution is 0.388. The van der Waals surface area contributed by atoms with Crippen molar-refractivity contribution in [2.75, 3.05) is 7.11 Å². The standard InChI is InChI=1S/C10H16N2O.C2H6/c1-5-8-6-11-9(7(2)3)12-10(8)13-4;1-2/h6-7H,5H2,1-4H3;1-2H3. The number of aromatic nitrogens is 2. The van der Waals surface area contributed by atoms with Gasteiger partial charge in [-0.25, -0.2) is 4.98 Å². The number of hydrogen-bond acceptors (Lipinski definition) is 3. The quantitative estimate of drug-likeness (QED) is 0.768. The van der Waals surface area contributed by atoms with E-state index in [4.69, 9.17) is 4.74 Å². The average molecular weight is 210 g/mol. The normalized spacial score (nSPS) is 9.53. The molecule has 1 rings (SSSR count). The zero-order chi connectivity index (χ0) is 11.8. The van der Waals surface area contributed by atoms with E-state index in [2.05, 4.69) is 30.7 Å². The summed E-state index contributed by atoms with van der Waals surface area (Å²) in [6.45, 7) is 10.2. The zero-order valence-corrected chi connectivity index (χ0v) is 10.7. The summed E-state index contributed by atoms with van der Waals surface area (Å²) in [7, 11) is 1.64. The van der Waals surface area contributed by atoms with Crippen molar-refractivity contribution in [1.29, 1.82) is 0 Å². The predicted octanol–water partition coefficient (Wildman–Crippen LogP) is 3.20. The number of ether oxygens (including phenoxy) is 1. The summed E-state index contributed by atoms with van der Waals surface area (Å²) >= 11 is 0. The maximum atomic E-state index is 5.18. The van der Waals surface area contributed by atoms with Crippen LogP contribution in [0.5, 0.6) is 5.88 Å². The highest BCUT2D eigenvalue weighted by Crippen LogP contribution is 2.17. The third-order valence-corrected chi connectivity index (χ3v) is 1.93. The highest BCUT2D eigenvalue weighted by molar-refractivity contribution is 5.24. The molecule has 0 N–H and O–H groups in total. The monoisotopic (exact) mass is 210 g/mol. The van der Waals surface area contributed by atoms with E-state index in [0.717, 1.165) is 17.8 Å². The summed E-state index contributed by atoms with van der Waals surface area (Å²) in [6, 6.07) is 0. The highest BCUT2D eigenvalue weighted by Gasteiger charge is 2.07. The molecule has 3 heteroatoms. The maximum Gasteiger partial charge on any atom is 0.219 e. The number of methoxy groups -OCH3 is 1. The molecule has 0 bridgehead atoms. The predicted molar refractivity (Wildman–Crippen MR) is 63.4 cm³/mol. The SMILES string of the molecule is CC.CCc1cnc(C(C)C)nc1OC. The van der Waals surface area contributed by atoms with Gasteiger partial charge in [0.25, 0.3) is 0 Å². The Kier molecular flexibility index (Phi) is 6.67. The summed E-state index contributed by atoms with van der Waals surface area (Å²) in [5, 5.41) is 0. The Morgan fingerprint density at radius 1 is 1.33 bits per heavy atom. The second-order valence-corrected chi connectivity index (χ2v) is 3.27. The summed E-state index contributed by atoms with van der Waals surface area (Å²) in [5.74, 6) is 1.90. The average Bonchev–Trinajstić information content (AvgIpc) is 2.30. The zero-order valence-electron chi connectivity index (χ0n) is 10.7. The molecule has 0 saturated heterocycles. The molecule has 0 aromatic carbocycles. The molecule has 0 amide bonds. The van der Waals surface area contributed by atoms with Crippen LogP contribution >= 0.6 is 0 Å². The molecule has 0 spiro atoms. The molecular formula is C12H22N2O. The Morgan fingerprint density at radius 2 is 1.93 bits per heavy atom. The first-order valence-electron chi connectivity index (χ1n) is 5.58.